The van der Waals surface area contributed by atoms with Crippen molar-refractivity contribution in [2.24, 2.45) is 5.92 Å². The van der Waals surface area contributed by atoms with Crippen LogP contribution in [0.3, 0.4) is 0 Å². The van der Waals surface area contributed by atoms with E-state index in [2.05, 4.69) is 12.1 Å². The van der Waals surface area contributed by atoms with Crippen LogP contribution in [0.25, 0.3) is 0 Å². The number of hydrogen-bond acceptors (Lipinski definition) is 4. The normalized spacial score (nSPS) is 21.8. The summed E-state index contributed by atoms with van der Waals surface area (Å²) >= 11 is 7.56. The van der Waals surface area contributed by atoms with E-state index in [9.17, 15) is 4.79 Å². The lowest BCUT2D eigenvalue weighted by Gasteiger charge is -2.29. The zero-order valence-electron chi connectivity index (χ0n) is 12.6. The Kier molecular flexibility index (Phi) is 5.74. The number of halogens is 1. The van der Waals surface area contributed by atoms with Gasteiger partial charge in [-0.15, -0.1) is 22.9 Å². The minimum Gasteiger partial charge on any atom is -0.376 e. The third-order valence-corrected chi connectivity index (χ3v) is 5.35. The number of alkyl halides is 1. The molecule has 2 fully saturated rings. The minimum atomic E-state index is -0.0492. The Morgan fingerprint density at radius 2 is 2.14 bits per heavy atom. The van der Waals surface area contributed by atoms with Gasteiger partial charge in [-0.3, -0.25) is 4.79 Å². The molecule has 122 valence electrons. The summed E-state index contributed by atoms with van der Waals surface area (Å²) in [6.07, 6.45) is 3.87. The van der Waals surface area contributed by atoms with Crippen LogP contribution >= 0.6 is 22.9 Å². The molecular weight excluding hydrogens is 322 g/mol. The first-order valence-corrected chi connectivity index (χ1v) is 9.20. The van der Waals surface area contributed by atoms with Crippen LogP contribution in [0.4, 0.5) is 0 Å². The molecule has 3 rings (SSSR count). The molecule has 1 aromatic rings. The SMILES string of the molecule is O=C(CCl)N(Cc1ccc(CC2CC2)s1)CC1COCCO1. The van der Waals surface area contributed by atoms with Gasteiger partial charge in [0.05, 0.1) is 32.5 Å². The summed E-state index contributed by atoms with van der Waals surface area (Å²) < 4.78 is 11.1. The highest BCUT2D eigenvalue weighted by atomic mass is 35.5. The zero-order chi connectivity index (χ0) is 15.4. The first kappa shape index (κ1) is 16.2. The predicted molar refractivity (Wildman–Crippen MR) is 87.4 cm³/mol. The second-order valence-corrected chi connectivity index (χ2v) is 7.51. The smallest absolute Gasteiger partial charge is 0.237 e. The van der Waals surface area contributed by atoms with E-state index < -0.39 is 0 Å². The molecule has 1 aliphatic carbocycles. The molecule has 0 aromatic carbocycles. The molecular formula is C16H22ClNO3S. The maximum atomic E-state index is 12.1. The van der Waals surface area contributed by atoms with Crippen molar-refractivity contribution in [2.45, 2.75) is 31.9 Å². The van der Waals surface area contributed by atoms with E-state index in [0.29, 0.717) is 32.9 Å². The van der Waals surface area contributed by atoms with E-state index >= 15 is 0 Å². The molecule has 1 amide bonds. The summed E-state index contributed by atoms with van der Waals surface area (Å²) in [5.74, 6) is 0.848. The predicted octanol–water partition coefficient (Wildman–Crippen LogP) is 2.68. The van der Waals surface area contributed by atoms with Gasteiger partial charge in [-0.1, -0.05) is 0 Å². The molecule has 1 unspecified atom stereocenters. The van der Waals surface area contributed by atoms with E-state index in [1.165, 1.54) is 29.0 Å². The highest BCUT2D eigenvalue weighted by molar-refractivity contribution is 7.12. The average molecular weight is 344 g/mol. The molecule has 2 aliphatic rings. The summed E-state index contributed by atoms with van der Waals surface area (Å²) in [7, 11) is 0. The number of amides is 1. The average Bonchev–Trinajstić information content (AvgIpc) is 3.25. The third-order valence-electron chi connectivity index (χ3n) is 4.03. The fourth-order valence-electron chi connectivity index (χ4n) is 2.64. The number of nitrogens with zero attached hydrogens (tertiary/aromatic N) is 1. The lowest BCUT2D eigenvalue weighted by atomic mass is 10.2. The van der Waals surface area contributed by atoms with Gasteiger partial charge in [0.25, 0.3) is 0 Å². The number of carbonyl (C=O) groups excluding carboxylic acids is 1. The molecule has 1 saturated carbocycles. The van der Waals surface area contributed by atoms with E-state index in [1.54, 1.807) is 4.90 Å². The second-order valence-electron chi connectivity index (χ2n) is 5.99. The number of ether oxygens (including phenoxy) is 2. The van der Waals surface area contributed by atoms with Crippen molar-refractivity contribution in [3.8, 4) is 0 Å². The second kappa shape index (κ2) is 7.77. The molecule has 1 saturated heterocycles. The van der Waals surface area contributed by atoms with Crippen LogP contribution in [-0.2, 0) is 27.2 Å². The Hall–Kier alpha value is -0.620. The summed E-state index contributed by atoms with van der Waals surface area (Å²) in [5.41, 5.74) is 0. The Morgan fingerprint density at radius 1 is 1.32 bits per heavy atom. The Morgan fingerprint density at radius 3 is 2.82 bits per heavy atom. The molecule has 0 spiro atoms. The molecule has 1 aliphatic heterocycles. The van der Waals surface area contributed by atoms with Crippen LogP contribution in [0.2, 0.25) is 0 Å². The van der Waals surface area contributed by atoms with Gasteiger partial charge in [-0.2, -0.15) is 0 Å². The van der Waals surface area contributed by atoms with Gasteiger partial charge in [-0.05, 0) is 37.3 Å². The van der Waals surface area contributed by atoms with Gasteiger partial charge in [0, 0.05) is 16.3 Å². The lowest BCUT2D eigenvalue weighted by Crippen LogP contribution is -2.42. The first-order chi connectivity index (χ1) is 10.7. The number of hydrogen-bond donors (Lipinski definition) is 0. The van der Waals surface area contributed by atoms with Crippen molar-refractivity contribution in [3.05, 3.63) is 21.9 Å². The van der Waals surface area contributed by atoms with Gasteiger partial charge < -0.3 is 14.4 Å². The first-order valence-electron chi connectivity index (χ1n) is 7.85. The van der Waals surface area contributed by atoms with E-state index in [4.69, 9.17) is 21.1 Å². The lowest BCUT2D eigenvalue weighted by molar-refractivity contribution is -0.136. The zero-order valence-corrected chi connectivity index (χ0v) is 14.2. The third kappa shape index (κ3) is 4.69. The maximum Gasteiger partial charge on any atom is 0.237 e. The van der Waals surface area contributed by atoms with Crippen molar-refractivity contribution < 1.29 is 14.3 Å². The Bertz CT molecular complexity index is 497. The maximum absolute atomic E-state index is 12.1. The van der Waals surface area contributed by atoms with Crippen molar-refractivity contribution in [1.29, 1.82) is 0 Å². The largest absolute Gasteiger partial charge is 0.376 e. The molecule has 22 heavy (non-hydrogen) atoms. The van der Waals surface area contributed by atoms with E-state index in [-0.39, 0.29) is 17.9 Å². The molecule has 0 N–H and O–H groups in total. The molecule has 1 aromatic heterocycles. The van der Waals surface area contributed by atoms with Crippen LogP contribution in [-0.4, -0.2) is 49.2 Å². The van der Waals surface area contributed by atoms with Crippen molar-refractivity contribution in [3.63, 3.8) is 0 Å². The molecule has 0 bridgehead atoms. The molecule has 1 atom stereocenters. The van der Waals surface area contributed by atoms with Crippen LogP contribution < -0.4 is 0 Å². The highest BCUT2D eigenvalue weighted by Crippen LogP contribution is 2.34. The summed E-state index contributed by atoms with van der Waals surface area (Å²) in [6.45, 7) is 2.93. The van der Waals surface area contributed by atoms with Gasteiger partial charge in [0.2, 0.25) is 5.91 Å². The number of thiophene rings is 1. The monoisotopic (exact) mass is 343 g/mol. The number of rotatable bonds is 7. The topological polar surface area (TPSA) is 38.8 Å². The van der Waals surface area contributed by atoms with Crippen LogP contribution in [0.5, 0.6) is 0 Å². The molecule has 4 nitrogen and oxygen atoms in total. The van der Waals surface area contributed by atoms with Crippen LogP contribution in [0, 0.1) is 5.92 Å². The molecule has 6 heteroatoms. The van der Waals surface area contributed by atoms with Gasteiger partial charge in [-0.25, -0.2) is 0 Å². The van der Waals surface area contributed by atoms with Crippen LogP contribution in [0.1, 0.15) is 22.6 Å². The highest BCUT2D eigenvalue weighted by Gasteiger charge is 2.24. The summed E-state index contributed by atoms with van der Waals surface area (Å²) in [4.78, 5) is 16.5. The standard InChI is InChI=1S/C16H22ClNO3S/c17-8-16(19)18(9-13-11-20-5-6-21-13)10-15-4-3-14(22-15)7-12-1-2-12/h3-4,12-13H,1-2,5-11H2. The fraction of sp³-hybridized carbons (Fsp3) is 0.688. The molecule has 0 radical (unpaired) electrons. The Balaban J connectivity index is 1.58. The van der Waals surface area contributed by atoms with Crippen molar-refractivity contribution in [2.75, 3.05) is 32.2 Å². The Labute approximate surface area is 140 Å². The quantitative estimate of drug-likeness (QED) is 0.714. The van der Waals surface area contributed by atoms with E-state index in [1.807, 2.05) is 11.3 Å². The van der Waals surface area contributed by atoms with Crippen molar-refractivity contribution in [1.82, 2.24) is 4.90 Å². The van der Waals surface area contributed by atoms with Crippen LogP contribution in [0.15, 0.2) is 12.1 Å². The summed E-state index contributed by atoms with van der Waals surface area (Å²) in [5, 5.41) is 0. The number of carbonyl (C=O) groups is 1. The fourth-order valence-corrected chi connectivity index (χ4v) is 3.96. The summed E-state index contributed by atoms with van der Waals surface area (Å²) in [6, 6.07) is 4.33. The van der Waals surface area contributed by atoms with Gasteiger partial charge in [0.1, 0.15) is 5.88 Å². The van der Waals surface area contributed by atoms with Gasteiger partial charge in [0.15, 0.2) is 0 Å². The molecule has 2 heterocycles. The van der Waals surface area contributed by atoms with E-state index in [0.717, 1.165) is 5.92 Å². The minimum absolute atomic E-state index is 0.00782. The van der Waals surface area contributed by atoms with Gasteiger partial charge >= 0.3 is 0 Å². The van der Waals surface area contributed by atoms with Crippen molar-refractivity contribution >= 4 is 28.8 Å².